The van der Waals surface area contributed by atoms with Crippen molar-refractivity contribution in [1.29, 1.82) is 5.41 Å². The van der Waals surface area contributed by atoms with Gasteiger partial charge in [0.1, 0.15) is 28.9 Å². The summed E-state index contributed by atoms with van der Waals surface area (Å²) in [6, 6.07) is 12.7. The molecule has 0 aliphatic carbocycles. The molecular formula is C24H26N6O3. The van der Waals surface area contributed by atoms with Gasteiger partial charge in [0.15, 0.2) is 0 Å². The number of ether oxygens (including phenoxy) is 2. The first-order chi connectivity index (χ1) is 16.1. The molecule has 1 aromatic heterocycles. The maximum Gasteiger partial charge on any atom is 0.145 e. The predicted octanol–water partition coefficient (Wildman–Crippen LogP) is 3.45. The number of rotatable bonds is 7. The summed E-state index contributed by atoms with van der Waals surface area (Å²) in [5, 5.41) is 20.4. The van der Waals surface area contributed by atoms with Crippen LogP contribution in [0, 0.1) is 5.41 Å². The molecule has 0 amide bonds. The fourth-order valence-corrected chi connectivity index (χ4v) is 4.37. The van der Waals surface area contributed by atoms with E-state index in [1.54, 1.807) is 20.3 Å². The molecule has 3 N–H and O–H groups in total. The van der Waals surface area contributed by atoms with Crippen LogP contribution in [0.2, 0.25) is 0 Å². The third-order valence-electron chi connectivity index (χ3n) is 6.05. The van der Waals surface area contributed by atoms with E-state index in [-0.39, 0.29) is 11.6 Å². The highest BCUT2D eigenvalue weighted by Crippen LogP contribution is 2.39. The Hall–Kier alpha value is -4.01. The standard InChI is InChI=1S/C24H26N6O3/c1-32-16-11-15(12-17(13-16)33-2)30-20(7-9-29-10-8-26-14-29)22(31)21(23(30)25)24-27-18-5-3-4-6-19(18)28-24/h3-6,11-14,20,25,31H,7-10H2,1-2H3,(H,27,28). The lowest BCUT2D eigenvalue weighted by molar-refractivity contribution is 0.350. The first kappa shape index (κ1) is 20.9. The average Bonchev–Trinajstić information content (AvgIpc) is 3.55. The summed E-state index contributed by atoms with van der Waals surface area (Å²) in [6.07, 6.45) is 2.45. The number of para-hydroxylation sites is 2. The van der Waals surface area contributed by atoms with E-state index in [1.807, 2.05) is 47.6 Å². The molecule has 9 heteroatoms. The number of methoxy groups -OCH3 is 2. The Balaban J connectivity index is 1.57. The highest BCUT2D eigenvalue weighted by atomic mass is 16.5. The molecule has 0 radical (unpaired) electrons. The van der Waals surface area contributed by atoms with Gasteiger partial charge in [-0.05, 0) is 18.6 Å². The van der Waals surface area contributed by atoms with Crippen LogP contribution in [-0.4, -0.2) is 72.0 Å². The molecule has 3 aromatic rings. The molecule has 0 fully saturated rings. The van der Waals surface area contributed by atoms with Gasteiger partial charge in [0.05, 0.1) is 55.4 Å². The van der Waals surface area contributed by atoms with E-state index in [2.05, 4.69) is 19.9 Å². The van der Waals surface area contributed by atoms with Gasteiger partial charge in [-0.2, -0.15) is 0 Å². The molecule has 0 saturated heterocycles. The summed E-state index contributed by atoms with van der Waals surface area (Å²) in [7, 11) is 3.18. The number of aromatic nitrogens is 2. The molecule has 1 atom stereocenters. The van der Waals surface area contributed by atoms with Crippen molar-refractivity contribution >= 4 is 34.5 Å². The van der Waals surface area contributed by atoms with Crippen molar-refractivity contribution < 1.29 is 14.6 Å². The van der Waals surface area contributed by atoms with E-state index in [0.717, 1.165) is 24.1 Å². The lowest BCUT2D eigenvalue weighted by Gasteiger charge is -2.29. The second kappa shape index (κ2) is 8.50. The number of H-pyrrole nitrogens is 1. The molecule has 33 heavy (non-hydrogen) atoms. The van der Waals surface area contributed by atoms with E-state index in [0.29, 0.717) is 41.5 Å². The van der Waals surface area contributed by atoms with Gasteiger partial charge in [-0.3, -0.25) is 10.4 Å². The molecule has 2 aliphatic heterocycles. The molecule has 170 valence electrons. The number of fused-ring (bicyclic) bond motifs is 1. The zero-order valence-electron chi connectivity index (χ0n) is 18.6. The van der Waals surface area contributed by atoms with Crippen molar-refractivity contribution in [3.8, 4) is 11.5 Å². The van der Waals surface area contributed by atoms with E-state index in [1.165, 1.54) is 0 Å². The number of aliphatic hydroxyl groups is 1. The fourth-order valence-electron chi connectivity index (χ4n) is 4.37. The lowest BCUT2D eigenvalue weighted by atomic mass is 10.1. The number of nitrogens with zero attached hydrogens (tertiary/aromatic N) is 4. The van der Waals surface area contributed by atoms with Gasteiger partial charge < -0.3 is 29.4 Å². The Bertz CT molecular complexity index is 1210. The van der Waals surface area contributed by atoms with Crippen LogP contribution < -0.4 is 14.4 Å². The Morgan fingerprint density at radius 1 is 1.15 bits per heavy atom. The van der Waals surface area contributed by atoms with Gasteiger partial charge in [-0.25, -0.2) is 4.98 Å². The average molecular weight is 447 g/mol. The van der Waals surface area contributed by atoms with Crippen LogP contribution in [0.3, 0.4) is 0 Å². The minimum absolute atomic E-state index is 0.122. The summed E-state index contributed by atoms with van der Waals surface area (Å²) >= 11 is 0. The van der Waals surface area contributed by atoms with E-state index < -0.39 is 6.04 Å². The molecule has 0 spiro atoms. The summed E-state index contributed by atoms with van der Waals surface area (Å²) < 4.78 is 10.9. The first-order valence-electron chi connectivity index (χ1n) is 10.8. The number of aliphatic hydroxyl groups excluding tert-OH is 1. The highest BCUT2D eigenvalue weighted by Gasteiger charge is 2.40. The molecule has 3 heterocycles. The number of nitrogens with one attached hydrogen (secondary N) is 2. The van der Waals surface area contributed by atoms with Crippen molar-refractivity contribution in [3.63, 3.8) is 0 Å². The van der Waals surface area contributed by atoms with Crippen LogP contribution in [0.1, 0.15) is 12.2 Å². The Kier molecular flexibility index (Phi) is 5.37. The van der Waals surface area contributed by atoms with E-state index in [4.69, 9.17) is 14.9 Å². The Morgan fingerprint density at radius 3 is 2.58 bits per heavy atom. The largest absolute Gasteiger partial charge is 0.509 e. The number of benzene rings is 2. The second-order valence-electron chi connectivity index (χ2n) is 8.01. The fraction of sp³-hybridized carbons (Fsp3) is 0.292. The molecule has 5 rings (SSSR count). The summed E-state index contributed by atoms with van der Waals surface area (Å²) in [6.45, 7) is 2.35. The lowest BCUT2D eigenvalue weighted by Crippen LogP contribution is -2.38. The Labute approximate surface area is 191 Å². The van der Waals surface area contributed by atoms with Crippen LogP contribution in [-0.2, 0) is 0 Å². The van der Waals surface area contributed by atoms with Crippen LogP contribution in [0.5, 0.6) is 11.5 Å². The van der Waals surface area contributed by atoms with Crippen molar-refractivity contribution in [2.24, 2.45) is 4.99 Å². The number of imidazole rings is 1. The van der Waals surface area contributed by atoms with Crippen LogP contribution in [0.15, 0.2) is 53.2 Å². The quantitative estimate of drug-likeness (QED) is 0.513. The summed E-state index contributed by atoms with van der Waals surface area (Å²) in [5.74, 6) is 1.99. The Morgan fingerprint density at radius 2 is 1.91 bits per heavy atom. The number of hydrogen-bond acceptors (Lipinski definition) is 7. The molecule has 9 nitrogen and oxygen atoms in total. The predicted molar refractivity (Wildman–Crippen MR) is 129 cm³/mol. The zero-order chi connectivity index (χ0) is 22.9. The van der Waals surface area contributed by atoms with Gasteiger partial charge in [-0.1, -0.05) is 12.1 Å². The van der Waals surface area contributed by atoms with Crippen LogP contribution >= 0.6 is 0 Å². The minimum Gasteiger partial charge on any atom is -0.509 e. The van der Waals surface area contributed by atoms with Gasteiger partial charge in [0.25, 0.3) is 0 Å². The van der Waals surface area contributed by atoms with Gasteiger partial charge in [0, 0.05) is 31.3 Å². The molecule has 0 bridgehead atoms. The number of aromatic amines is 1. The van der Waals surface area contributed by atoms with Gasteiger partial charge >= 0.3 is 0 Å². The van der Waals surface area contributed by atoms with Crippen molar-refractivity contribution in [3.05, 3.63) is 54.0 Å². The normalized spacial score (nSPS) is 18.1. The highest BCUT2D eigenvalue weighted by molar-refractivity contribution is 6.31. The minimum atomic E-state index is -0.438. The summed E-state index contributed by atoms with van der Waals surface area (Å²) in [4.78, 5) is 16.1. The number of anilines is 1. The monoisotopic (exact) mass is 446 g/mol. The molecule has 2 aliphatic rings. The van der Waals surface area contributed by atoms with Crippen molar-refractivity contribution in [2.45, 2.75) is 12.5 Å². The SMILES string of the molecule is COc1cc(OC)cc(N2C(=N)C(c3nc4ccccc4[nH]3)=C(O)C2CCN2C=NCC2)c1. The number of aliphatic imine (C=N–C) groups is 1. The number of amidine groups is 1. The van der Waals surface area contributed by atoms with E-state index >= 15 is 0 Å². The van der Waals surface area contributed by atoms with Crippen molar-refractivity contribution in [2.75, 3.05) is 38.8 Å². The van der Waals surface area contributed by atoms with Gasteiger partial charge in [0.2, 0.25) is 0 Å². The first-order valence-corrected chi connectivity index (χ1v) is 10.8. The third kappa shape index (κ3) is 3.75. The molecular weight excluding hydrogens is 420 g/mol. The van der Waals surface area contributed by atoms with Crippen LogP contribution in [0.25, 0.3) is 16.6 Å². The zero-order valence-corrected chi connectivity index (χ0v) is 18.6. The summed E-state index contributed by atoms with van der Waals surface area (Å²) in [5.41, 5.74) is 2.74. The van der Waals surface area contributed by atoms with E-state index in [9.17, 15) is 5.11 Å². The third-order valence-corrected chi connectivity index (χ3v) is 6.05. The number of hydrogen-bond donors (Lipinski definition) is 3. The smallest absolute Gasteiger partial charge is 0.145 e. The second-order valence-corrected chi connectivity index (χ2v) is 8.01. The molecule has 2 aromatic carbocycles. The molecule has 1 unspecified atom stereocenters. The topological polar surface area (TPSA) is 110 Å². The van der Waals surface area contributed by atoms with Gasteiger partial charge in [-0.15, -0.1) is 0 Å². The maximum atomic E-state index is 11.4. The maximum absolute atomic E-state index is 11.4. The molecule has 0 saturated carbocycles. The van der Waals surface area contributed by atoms with Crippen molar-refractivity contribution in [1.82, 2.24) is 14.9 Å². The van der Waals surface area contributed by atoms with Crippen LogP contribution in [0.4, 0.5) is 5.69 Å².